The van der Waals surface area contributed by atoms with E-state index in [9.17, 15) is 4.79 Å². The van der Waals surface area contributed by atoms with Gasteiger partial charge in [0.1, 0.15) is 0 Å². The molecule has 0 unspecified atom stereocenters. The van der Waals surface area contributed by atoms with Gasteiger partial charge in [-0.3, -0.25) is 9.48 Å². The van der Waals surface area contributed by atoms with Crippen molar-refractivity contribution in [3.05, 3.63) is 12.4 Å². The number of nitrogens with one attached hydrogen (secondary N) is 2. The van der Waals surface area contributed by atoms with Crippen molar-refractivity contribution in [2.45, 2.75) is 39.2 Å². The first-order valence-corrected chi connectivity index (χ1v) is 6.81. The fraction of sp³-hybridized carbons (Fsp3) is 0.692. The molecular formula is C13H23ClN4O. The van der Waals surface area contributed by atoms with Crippen LogP contribution in [0.15, 0.2) is 12.4 Å². The molecule has 1 aliphatic heterocycles. The van der Waals surface area contributed by atoms with Crippen molar-refractivity contribution >= 4 is 24.0 Å². The lowest BCUT2D eigenvalue weighted by Gasteiger charge is -2.22. The van der Waals surface area contributed by atoms with E-state index in [-0.39, 0.29) is 18.3 Å². The highest BCUT2D eigenvalue weighted by molar-refractivity contribution is 5.90. The molecule has 1 amide bonds. The fourth-order valence-electron chi connectivity index (χ4n) is 2.33. The van der Waals surface area contributed by atoms with Gasteiger partial charge >= 0.3 is 0 Å². The Morgan fingerprint density at radius 3 is 2.89 bits per heavy atom. The quantitative estimate of drug-likeness (QED) is 0.871. The Morgan fingerprint density at radius 1 is 1.53 bits per heavy atom. The molecule has 0 aromatic carbocycles. The summed E-state index contributed by atoms with van der Waals surface area (Å²) in [6, 6.07) is 0. The summed E-state index contributed by atoms with van der Waals surface area (Å²) in [5, 5.41) is 10.4. The number of aryl methyl sites for hydroxylation is 1. The molecule has 1 aromatic heterocycles. The minimum atomic E-state index is 0. The number of rotatable bonds is 5. The number of amides is 1. The minimum absolute atomic E-state index is 0. The first kappa shape index (κ1) is 16.0. The molecule has 1 saturated heterocycles. The van der Waals surface area contributed by atoms with Gasteiger partial charge in [-0.15, -0.1) is 12.4 Å². The molecule has 2 rings (SSSR count). The number of piperidine rings is 1. The van der Waals surface area contributed by atoms with Crippen molar-refractivity contribution in [1.82, 2.24) is 15.1 Å². The summed E-state index contributed by atoms with van der Waals surface area (Å²) in [4.78, 5) is 11.8. The third-order valence-corrected chi connectivity index (χ3v) is 3.48. The van der Waals surface area contributed by atoms with Crippen LogP contribution in [0.4, 0.5) is 5.69 Å². The summed E-state index contributed by atoms with van der Waals surface area (Å²) < 4.78 is 1.81. The predicted octanol–water partition coefficient (Wildman–Crippen LogP) is 2.04. The number of carbonyl (C=O) groups excluding carboxylic acids is 1. The summed E-state index contributed by atoms with van der Waals surface area (Å²) in [6.07, 6.45) is 7.56. The summed E-state index contributed by atoms with van der Waals surface area (Å²) in [5.74, 6) is 0.805. The van der Waals surface area contributed by atoms with Crippen LogP contribution in [-0.2, 0) is 11.3 Å². The van der Waals surface area contributed by atoms with Gasteiger partial charge in [-0.25, -0.2) is 0 Å². The van der Waals surface area contributed by atoms with E-state index in [2.05, 4.69) is 15.7 Å². The van der Waals surface area contributed by atoms with Crippen LogP contribution in [0.3, 0.4) is 0 Å². The number of hydrogen-bond donors (Lipinski definition) is 2. The Kier molecular flexibility index (Phi) is 6.87. The number of hydrogen-bond acceptors (Lipinski definition) is 3. The molecule has 2 N–H and O–H groups in total. The lowest BCUT2D eigenvalue weighted by Crippen LogP contribution is -2.28. The molecule has 19 heavy (non-hydrogen) atoms. The van der Waals surface area contributed by atoms with Gasteiger partial charge in [0.2, 0.25) is 5.91 Å². The van der Waals surface area contributed by atoms with Crippen molar-refractivity contribution in [2.24, 2.45) is 5.92 Å². The molecule has 108 valence electrons. The maximum absolute atomic E-state index is 11.8. The normalized spacial score (nSPS) is 15.8. The van der Waals surface area contributed by atoms with Gasteiger partial charge in [0.05, 0.1) is 11.9 Å². The van der Waals surface area contributed by atoms with E-state index in [1.807, 2.05) is 17.8 Å². The summed E-state index contributed by atoms with van der Waals surface area (Å²) >= 11 is 0. The number of halogens is 1. The molecule has 1 aliphatic rings. The zero-order valence-corrected chi connectivity index (χ0v) is 12.2. The van der Waals surface area contributed by atoms with Crippen molar-refractivity contribution < 1.29 is 4.79 Å². The fourth-order valence-corrected chi connectivity index (χ4v) is 2.33. The van der Waals surface area contributed by atoms with Crippen LogP contribution in [0.25, 0.3) is 0 Å². The molecule has 0 bridgehead atoms. The minimum Gasteiger partial charge on any atom is -0.323 e. The van der Waals surface area contributed by atoms with Crippen molar-refractivity contribution in [3.63, 3.8) is 0 Å². The highest BCUT2D eigenvalue weighted by Gasteiger charge is 2.14. The maximum Gasteiger partial charge on any atom is 0.224 e. The predicted molar refractivity (Wildman–Crippen MR) is 78.6 cm³/mol. The molecule has 1 fully saturated rings. The Bertz CT molecular complexity index is 388. The van der Waals surface area contributed by atoms with E-state index >= 15 is 0 Å². The molecule has 5 nitrogen and oxygen atoms in total. The second-order valence-electron chi connectivity index (χ2n) is 4.86. The van der Waals surface area contributed by atoms with E-state index in [1.54, 1.807) is 6.20 Å². The third-order valence-electron chi connectivity index (χ3n) is 3.48. The largest absolute Gasteiger partial charge is 0.323 e. The Balaban J connectivity index is 0.00000180. The molecule has 0 saturated carbocycles. The second kappa shape index (κ2) is 8.17. The van der Waals surface area contributed by atoms with Gasteiger partial charge in [0.15, 0.2) is 0 Å². The number of carbonyl (C=O) groups is 1. The first-order chi connectivity index (χ1) is 8.78. The average Bonchev–Trinajstić information content (AvgIpc) is 2.85. The zero-order valence-electron chi connectivity index (χ0n) is 11.4. The van der Waals surface area contributed by atoms with E-state index in [4.69, 9.17) is 0 Å². The van der Waals surface area contributed by atoms with E-state index in [0.717, 1.165) is 31.7 Å². The SMILES string of the molecule is CCn1cc(NC(=O)CCC2CCNCC2)cn1.Cl. The number of aromatic nitrogens is 2. The summed E-state index contributed by atoms with van der Waals surface area (Å²) in [5.41, 5.74) is 0.798. The highest BCUT2D eigenvalue weighted by atomic mass is 35.5. The van der Waals surface area contributed by atoms with Crippen LogP contribution in [0, 0.1) is 5.92 Å². The first-order valence-electron chi connectivity index (χ1n) is 6.81. The molecule has 0 atom stereocenters. The molecule has 0 spiro atoms. The lowest BCUT2D eigenvalue weighted by molar-refractivity contribution is -0.116. The Morgan fingerprint density at radius 2 is 2.26 bits per heavy atom. The highest BCUT2D eigenvalue weighted by Crippen LogP contribution is 2.18. The van der Waals surface area contributed by atoms with Gasteiger partial charge in [-0.05, 0) is 45.2 Å². The summed E-state index contributed by atoms with van der Waals surface area (Å²) in [7, 11) is 0. The van der Waals surface area contributed by atoms with Gasteiger partial charge in [-0.1, -0.05) is 0 Å². The zero-order chi connectivity index (χ0) is 12.8. The molecule has 0 aliphatic carbocycles. The van der Waals surface area contributed by atoms with Crippen LogP contribution in [0.1, 0.15) is 32.6 Å². The Labute approximate surface area is 120 Å². The molecular weight excluding hydrogens is 264 g/mol. The van der Waals surface area contributed by atoms with Crippen molar-refractivity contribution in [1.29, 1.82) is 0 Å². The van der Waals surface area contributed by atoms with Crippen LogP contribution in [-0.4, -0.2) is 28.8 Å². The van der Waals surface area contributed by atoms with Gasteiger partial charge in [0, 0.05) is 19.2 Å². The Hall–Kier alpha value is -1.07. The van der Waals surface area contributed by atoms with Gasteiger partial charge in [-0.2, -0.15) is 5.10 Å². The van der Waals surface area contributed by atoms with Crippen LogP contribution in [0.5, 0.6) is 0 Å². The molecule has 1 aromatic rings. The van der Waals surface area contributed by atoms with E-state index in [0.29, 0.717) is 12.3 Å². The smallest absolute Gasteiger partial charge is 0.224 e. The van der Waals surface area contributed by atoms with E-state index < -0.39 is 0 Å². The third kappa shape index (κ3) is 5.20. The lowest BCUT2D eigenvalue weighted by atomic mass is 9.93. The van der Waals surface area contributed by atoms with E-state index in [1.165, 1.54) is 12.8 Å². The molecule has 2 heterocycles. The standard InChI is InChI=1S/C13H22N4O.ClH/c1-2-17-10-12(9-15-17)16-13(18)4-3-11-5-7-14-8-6-11;/h9-11,14H,2-8H2,1H3,(H,16,18);1H. The number of nitrogens with zero attached hydrogens (tertiary/aromatic N) is 2. The molecule has 6 heteroatoms. The number of anilines is 1. The van der Waals surface area contributed by atoms with Crippen LogP contribution < -0.4 is 10.6 Å². The van der Waals surface area contributed by atoms with Crippen molar-refractivity contribution in [3.8, 4) is 0 Å². The second-order valence-corrected chi connectivity index (χ2v) is 4.86. The van der Waals surface area contributed by atoms with Gasteiger partial charge < -0.3 is 10.6 Å². The van der Waals surface area contributed by atoms with Gasteiger partial charge in [0.25, 0.3) is 0 Å². The maximum atomic E-state index is 11.8. The summed E-state index contributed by atoms with van der Waals surface area (Å²) in [6.45, 7) is 5.03. The topological polar surface area (TPSA) is 59.0 Å². The van der Waals surface area contributed by atoms with Crippen LogP contribution >= 0.6 is 12.4 Å². The molecule has 0 radical (unpaired) electrons. The average molecular weight is 287 g/mol. The van der Waals surface area contributed by atoms with Crippen molar-refractivity contribution in [2.75, 3.05) is 18.4 Å². The van der Waals surface area contributed by atoms with Crippen LogP contribution in [0.2, 0.25) is 0 Å². The monoisotopic (exact) mass is 286 g/mol.